The summed E-state index contributed by atoms with van der Waals surface area (Å²) in [5.41, 5.74) is 0.939. The summed E-state index contributed by atoms with van der Waals surface area (Å²) in [7, 11) is 0. The van der Waals surface area contributed by atoms with E-state index in [0.717, 1.165) is 17.0 Å². The maximum Gasteiger partial charge on any atom is 0.263 e. The van der Waals surface area contributed by atoms with E-state index < -0.39 is 6.43 Å². The lowest BCUT2D eigenvalue weighted by molar-refractivity contribution is 0.151. The molecule has 1 unspecified atom stereocenters. The van der Waals surface area contributed by atoms with Crippen molar-refractivity contribution >= 4 is 11.3 Å². The molecule has 2 nitrogen and oxygen atoms in total. The minimum absolute atomic E-state index is 0.0709. The highest BCUT2D eigenvalue weighted by Crippen LogP contribution is 2.21. The highest BCUT2D eigenvalue weighted by Gasteiger charge is 2.12. The molecule has 0 radical (unpaired) electrons. The van der Waals surface area contributed by atoms with Gasteiger partial charge in [0.25, 0.3) is 6.43 Å². The van der Waals surface area contributed by atoms with Crippen molar-refractivity contribution in [1.29, 1.82) is 0 Å². The van der Waals surface area contributed by atoms with Gasteiger partial charge in [0.15, 0.2) is 0 Å². The van der Waals surface area contributed by atoms with Crippen LogP contribution >= 0.6 is 11.3 Å². The molecule has 102 valence electrons. The van der Waals surface area contributed by atoms with Crippen molar-refractivity contribution in [2.45, 2.75) is 32.4 Å². The first kappa shape index (κ1) is 14.1. The summed E-state index contributed by atoms with van der Waals surface area (Å²) in [6, 6.07) is 6.70. The quantitative estimate of drug-likeness (QED) is 0.853. The Hall–Kier alpha value is -1.33. The van der Waals surface area contributed by atoms with Crippen molar-refractivity contribution in [2.75, 3.05) is 0 Å². The number of alkyl halides is 2. The van der Waals surface area contributed by atoms with E-state index in [4.69, 9.17) is 0 Å². The number of benzene rings is 1. The molecule has 0 bridgehead atoms. The highest BCUT2D eigenvalue weighted by atomic mass is 32.1. The van der Waals surface area contributed by atoms with Gasteiger partial charge < -0.3 is 5.32 Å². The Kier molecular flexibility index (Phi) is 4.99. The number of hydrogen-bond acceptors (Lipinski definition) is 3. The molecule has 1 aromatic heterocycles. The Morgan fingerprint density at radius 3 is 2.84 bits per heavy atom. The van der Waals surface area contributed by atoms with Crippen LogP contribution in [-0.2, 0) is 6.54 Å². The second kappa shape index (κ2) is 6.73. The third-order valence-electron chi connectivity index (χ3n) is 2.91. The SMILES string of the molecule is CCC(NCc1cccc(C(F)F)c1)c1nccs1. The molecule has 0 saturated heterocycles. The zero-order valence-electron chi connectivity index (χ0n) is 10.6. The zero-order valence-corrected chi connectivity index (χ0v) is 11.5. The lowest BCUT2D eigenvalue weighted by atomic mass is 10.1. The fourth-order valence-corrected chi connectivity index (χ4v) is 2.69. The molecule has 0 amide bonds. The smallest absolute Gasteiger partial charge is 0.263 e. The molecule has 0 aliphatic rings. The zero-order chi connectivity index (χ0) is 13.7. The molecular weight excluding hydrogens is 266 g/mol. The summed E-state index contributed by atoms with van der Waals surface area (Å²) in [6.07, 6.45) is 0.282. The van der Waals surface area contributed by atoms with Crippen LogP contribution in [-0.4, -0.2) is 4.98 Å². The molecule has 1 aromatic carbocycles. The van der Waals surface area contributed by atoms with Gasteiger partial charge in [-0.25, -0.2) is 13.8 Å². The van der Waals surface area contributed by atoms with Crippen LogP contribution in [0.5, 0.6) is 0 Å². The largest absolute Gasteiger partial charge is 0.304 e. The molecule has 5 heteroatoms. The normalized spacial score (nSPS) is 12.8. The number of aromatic nitrogens is 1. The molecule has 0 saturated carbocycles. The van der Waals surface area contributed by atoms with E-state index in [0.29, 0.717) is 6.54 Å². The Bertz CT molecular complexity index is 500. The van der Waals surface area contributed by atoms with Crippen LogP contribution < -0.4 is 5.32 Å². The van der Waals surface area contributed by atoms with Crippen LogP contribution in [0.1, 0.15) is 41.9 Å². The molecule has 1 atom stereocenters. The van der Waals surface area contributed by atoms with Crippen LogP contribution in [0.15, 0.2) is 35.8 Å². The van der Waals surface area contributed by atoms with Gasteiger partial charge in [0.1, 0.15) is 5.01 Å². The van der Waals surface area contributed by atoms with Crippen molar-refractivity contribution in [2.24, 2.45) is 0 Å². The second-order valence-corrected chi connectivity index (χ2v) is 5.18. The lowest BCUT2D eigenvalue weighted by Crippen LogP contribution is -2.20. The molecule has 2 aromatic rings. The van der Waals surface area contributed by atoms with Gasteiger partial charge in [-0.05, 0) is 18.1 Å². The predicted molar refractivity (Wildman–Crippen MR) is 73.4 cm³/mol. The van der Waals surface area contributed by atoms with Crippen LogP contribution in [0.25, 0.3) is 0 Å². The Morgan fingerprint density at radius 1 is 1.37 bits per heavy atom. The number of rotatable bonds is 6. The molecule has 19 heavy (non-hydrogen) atoms. The molecule has 0 aliphatic carbocycles. The monoisotopic (exact) mass is 282 g/mol. The van der Waals surface area contributed by atoms with Gasteiger partial charge in [0.2, 0.25) is 0 Å². The van der Waals surface area contributed by atoms with Gasteiger partial charge in [0.05, 0.1) is 6.04 Å². The summed E-state index contributed by atoms with van der Waals surface area (Å²) >= 11 is 1.61. The first-order valence-corrected chi connectivity index (χ1v) is 7.08. The van der Waals surface area contributed by atoms with E-state index in [1.807, 2.05) is 11.4 Å². The first-order valence-electron chi connectivity index (χ1n) is 6.20. The van der Waals surface area contributed by atoms with E-state index >= 15 is 0 Å². The van der Waals surface area contributed by atoms with Crippen molar-refractivity contribution in [3.05, 3.63) is 52.0 Å². The van der Waals surface area contributed by atoms with Gasteiger partial charge in [0, 0.05) is 23.7 Å². The summed E-state index contributed by atoms with van der Waals surface area (Å²) in [5, 5.41) is 6.33. The predicted octanol–water partition coefficient (Wildman–Crippen LogP) is 4.32. The average Bonchev–Trinajstić information content (AvgIpc) is 2.94. The van der Waals surface area contributed by atoms with E-state index in [-0.39, 0.29) is 11.6 Å². The van der Waals surface area contributed by atoms with Crippen molar-refractivity contribution in [3.63, 3.8) is 0 Å². The van der Waals surface area contributed by atoms with Crippen LogP contribution in [0.4, 0.5) is 8.78 Å². The molecule has 1 N–H and O–H groups in total. The van der Waals surface area contributed by atoms with E-state index in [1.165, 1.54) is 6.07 Å². The molecule has 1 heterocycles. The van der Waals surface area contributed by atoms with Gasteiger partial charge in [-0.2, -0.15) is 0 Å². The van der Waals surface area contributed by atoms with E-state index in [1.54, 1.807) is 29.7 Å². The highest BCUT2D eigenvalue weighted by molar-refractivity contribution is 7.09. The van der Waals surface area contributed by atoms with Crippen LogP contribution in [0.3, 0.4) is 0 Å². The fourth-order valence-electron chi connectivity index (χ4n) is 1.89. The first-order chi connectivity index (χ1) is 9.20. The molecule has 0 fully saturated rings. The number of nitrogens with one attached hydrogen (secondary N) is 1. The summed E-state index contributed by atoms with van der Waals surface area (Å²) in [4.78, 5) is 4.28. The Balaban J connectivity index is 1.99. The topological polar surface area (TPSA) is 24.9 Å². The van der Waals surface area contributed by atoms with Gasteiger partial charge in [-0.15, -0.1) is 11.3 Å². The number of hydrogen-bond donors (Lipinski definition) is 1. The standard InChI is InChI=1S/C14H16F2N2S/c1-2-12(14-17-6-7-19-14)18-9-10-4-3-5-11(8-10)13(15)16/h3-8,12-13,18H,2,9H2,1H3. The van der Waals surface area contributed by atoms with Crippen LogP contribution in [0.2, 0.25) is 0 Å². The summed E-state index contributed by atoms with van der Waals surface area (Å²) < 4.78 is 25.2. The third kappa shape index (κ3) is 3.81. The summed E-state index contributed by atoms with van der Waals surface area (Å²) in [5.74, 6) is 0. The minimum atomic E-state index is -2.42. The Morgan fingerprint density at radius 2 is 2.21 bits per heavy atom. The van der Waals surface area contributed by atoms with Crippen molar-refractivity contribution in [3.8, 4) is 0 Å². The lowest BCUT2D eigenvalue weighted by Gasteiger charge is -2.14. The number of nitrogens with zero attached hydrogens (tertiary/aromatic N) is 1. The molecule has 0 aliphatic heterocycles. The molecule has 2 rings (SSSR count). The minimum Gasteiger partial charge on any atom is -0.304 e. The van der Waals surface area contributed by atoms with Gasteiger partial charge in [-0.3, -0.25) is 0 Å². The fraction of sp³-hybridized carbons (Fsp3) is 0.357. The number of thiazole rings is 1. The van der Waals surface area contributed by atoms with Gasteiger partial charge >= 0.3 is 0 Å². The third-order valence-corrected chi connectivity index (χ3v) is 3.80. The average molecular weight is 282 g/mol. The van der Waals surface area contributed by atoms with E-state index in [9.17, 15) is 8.78 Å². The van der Waals surface area contributed by atoms with Gasteiger partial charge in [-0.1, -0.05) is 25.1 Å². The molecular formula is C14H16F2N2S. The molecule has 0 spiro atoms. The summed E-state index contributed by atoms with van der Waals surface area (Å²) in [6.45, 7) is 2.65. The van der Waals surface area contributed by atoms with E-state index in [2.05, 4.69) is 17.2 Å². The van der Waals surface area contributed by atoms with Crippen molar-refractivity contribution < 1.29 is 8.78 Å². The van der Waals surface area contributed by atoms with Crippen LogP contribution in [0, 0.1) is 0 Å². The van der Waals surface area contributed by atoms with Crippen molar-refractivity contribution in [1.82, 2.24) is 10.3 Å². The maximum atomic E-state index is 12.6. The second-order valence-electron chi connectivity index (χ2n) is 4.26. The Labute approximate surface area is 115 Å². The number of halogens is 2. The maximum absolute atomic E-state index is 12.6.